The second kappa shape index (κ2) is 6.38. The first-order valence-electron chi connectivity index (χ1n) is 6.12. The van der Waals surface area contributed by atoms with Crippen molar-refractivity contribution in [3.63, 3.8) is 0 Å². The van der Waals surface area contributed by atoms with Gasteiger partial charge in [-0.2, -0.15) is 0 Å². The summed E-state index contributed by atoms with van der Waals surface area (Å²) in [6.07, 6.45) is 3.53. The van der Waals surface area contributed by atoms with Gasteiger partial charge in [-0.15, -0.1) is 11.8 Å². The first-order chi connectivity index (χ1) is 8.33. The Morgan fingerprint density at radius 1 is 1.50 bits per heavy atom. The van der Waals surface area contributed by atoms with E-state index in [0.29, 0.717) is 11.3 Å². The molecule has 0 heterocycles. The zero-order valence-corrected chi connectivity index (χ0v) is 11.6. The van der Waals surface area contributed by atoms with Crippen LogP contribution in [0.25, 0.3) is 0 Å². The van der Waals surface area contributed by atoms with Gasteiger partial charge in [0, 0.05) is 11.3 Å². The molecule has 0 aliphatic heterocycles. The van der Waals surface area contributed by atoms with Crippen LogP contribution in [-0.4, -0.2) is 33.8 Å². The fraction of sp³-hybridized carbons (Fsp3) is 0.692. The third kappa shape index (κ3) is 4.46. The maximum Gasteiger partial charge on any atom is 0.309 e. The molecule has 102 valence electrons. The van der Waals surface area contributed by atoms with Crippen molar-refractivity contribution in [3.05, 3.63) is 11.0 Å². The van der Waals surface area contributed by atoms with E-state index in [1.165, 1.54) is 11.8 Å². The van der Waals surface area contributed by atoms with E-state index in [1.807, 2.05) is 0 Å². The van der Waals surface area contributed by atoms with Crippen molar-refractivity contribution in [1.29, 1.82) is 0 Å². The van der Waals surface area contributed by atoms with Crippen LogP contribution in [0.1, 0.15) is 39.5 Å². The van der Waals surface area contributed by atoms with Crippen LogP contribution in [0.2, 0.25) is 0 Å². The van der Waals surface area contributed by atoms with Gasteiger partial charge in [-0.25, -0.2) is 0 Å². The summed E-state index contributed by atoms with van der Waals surface area (Å²) in [5.74, 6) is 0.0327. The number of allylic oxidation sites excluding steroid dienone is 1. The van der Waals surface area contributed by atoms with Crippen molar-refractivity contribution < 1.29 is 19.8 Å². The number of ketones is 1. The summed E-state index contributed by atoms with van der Waals surface area (Å²) in [6, 6.07) is 0. The number of carboxylic acid groups (broad SMARTS) is 1. The van der Waals surface area contributed by atoms with E-state index in [2.05, 4.69) is 0 Å². The second-order valence-corrected chi connectivity index (χ2v) is 6.36. The maximum atomic E-state index is 11.4. The van der Waals surface area contributed by atoms with Gasteiger partial charge >= 0.3 is 5.97 Å². The first kappa shape index (κ1) is 15.2. The molecule has 4 nitrogen and oxygen atoms in total. The summed E-state index contributed by atoms with van der Waals surface area (Å²) in [5, 5.41) is 18.2. The molecule has 0 radical (unpaired) electrons. The third-order valence-electron chi connectivity index (χ3n) is 3.05. The molecule has 1 rings (SSSR count). The van der Waals surface area contributed by atoms with Crippen molar-refractivity contribution in [2.45, 2.75) is 45.6 Å². The molecular weight excluding hydrogens is 252 g/mol. The summed E-state index contributed by atoms with van der Waals surface area (Å²) in [7, 11) is 0. The predicted molar refractivity (Wildman–Crippen MR) is 71.4 cm³/mol. The van der Waals surface area contributed by atoms with Gasteiger partial charge < -0.3 is 10.2 Å². The minimum Gasteiger partial charge on any atom is -0.481 e. The van der Waals surface area contributed by atoms with Crippen molar-refractivity contribution in [2.75, 3.05) is 5.75 Å². The zero-order valence-electron chi connectivity index (χ0n) is 10.8. The highest BCUT2D eigenvalue weighted by Gasteiger charge is 2.26. The van der Waals surface area contributed by atoms with Crippen LogP contribution >= 0.6 is 11.8 Å². The van der Waals surface area contributed by atoms with Gasteiger partial charge in [0.25, 0.3) is 0 Å². The van der Waals surface area contributed by atoms with E-state index in [-0.39, 0.29) is 12.2 Å². The molecule has 5 heteroatoms. The summed E-state index contributed by atoms with van der Waals surface area (Å²) in [5.41, 5.74) is -0.677. The van der Waals surface area contributed by atoms with E-state index >= 15 is 0 Å². The van der Waals surface area contributed by atoms with E-state index < -0.39 is 17.5 Å². The number of hydrogen-bond acceptors (Lipinski definition) is 4. The fourth-order valence-corrected chi connectivity index (χ4v) is 2.77. The molecule has 1 atom stereocenters. The highest BCUT2D eigenvalue weighted by Crippen LogP contribution is 2.28. The molecule has 2 N–H and O–H groups in total. The molecular formula is C13H20O4S. The van der Waals surface area contributed by atoms with Gasteiger partial charge in [-0.3, -0.25) is 9.59 Å². The van der Waals surface area contributed by atoms with Crippen molar-refractivity contribution >= 4 is 23.5 Å². The summed E-state index contributed by atoms with van der Waals surface area (Å²) < 4.78 is 0. The number of thioether (sulfide) groups is 1. The van der Waals surface area contributed by atoms with Gasteiger partial charge in [-0.05, 0) is 38.5 Å². The van der Waals surface area contributed by atoms with E-state index in [0.717, 1.165) is 18.6 Å². The number of hydrogen-bond donors (Lipinski definition) is 2. The molecule has 0 spiro atoms. The largest absolute Gasteiger partial charge is 0.481 e. The normalized spacial score (nSPS) is 20.1. The Labute approximate surface area is 111 Å². The standard InChI is InChI=1S/C13H20O4S/c1-13(2,12(16)17)5-3-4-6-18-11-8-9(14)7-10(11)15/h8-9,14H,3-7H2,1-2H3,(H,16,17). The molecule has 0 aromatic heterocycles. The van der Waals surface area contributed by atoms with Gasteiger partial charge in [0.05, 0.1) is 11.5 Å². The number of Topliss-reactive ketones (excluding diaryl/α,β-unsaturated/α-hetero) is 1. The molecule has 0 aromatic carbocycles. The smallest absolute Gasteiger partial charge is 0.309 e. The Hall–Kier alpha value is -0.810. The van der Waals surface area contributed by atoms with Crippen LogP contribution in [0.5, 0.6) is 0 Å². The van der Waals surface area contributed by atoms with E-state index in [1.54, 1.807) is 19.9 Å². The van der Waals surface area contributed by atoms with Gasteiger partial charge in [0.15, 0.2) is 5.78 Å². The van der Waals surface area contributed by atoms with Crippen LogP contribution in [0.15, 0.2) is 11.0 Å². The number of carbonyl (C=O) groups excluding carboxylic acids is 1. The summed E-state index contributed by atoms with van der Waals surface area (Å²) in [4.78, 5) is 22.9. The molecule has 0 saturated heterocycles. The maximum absolute atomic E-state index is 11.4. The second-order valence-electron chi connectivity index (χ2n) is 5.22. The Morgan fingerprint density at radius 2 is 2.17 bits per heavy atom. The molecule has 1 unspecified atom stereocenters. The number of aliphatic carboxylic acids is 1. The number of carbonyl (C=O) groups is 2. The minimum absolute atomic E-state index is 0.0124. The fourth-order valence-electron chi connectivity index (χ4n) is 1.70. The lowest BCUT2D eigenvalue weighted by Gasteiger charge is -2.18. The quantitative estimate of drug-likeness (QED) is 0.695. The molecule has 0 bridgehead atoms. The average molecular weight is 272 g/mol. The molecule has 0 fully saturated rings. The lowest BCUT2D eigenvalue weighted by molar-refractivity contribution is -0.147. The highest BCUT2D eigenvalue weighted by atomic mass is 32.2. The lowest BCUT2D eigenvalue weighted by Crippen LogP contribution is -2.23. The number of carboxylic acids is 1. The number of aliphatic hydroxyl groups excluding tert-OH is 1. The molecule has 0 saturated carbocycles. The Kier molecular flexibility index (Phi) is 5.41. The SMILES string of the molecule is CC(C)(CCCCSC1=CC(O)CC1=O)C(=O)O. The van der Waals surface area contributed by atoms with Crippen LogP contribution in [0.3, 0.4) is 0 Å². The Balaban J connectivity index is 2.18. The van der Waals surface area contributed by atoms with Crippen LogP contribution in [0.4, 0.5) is 0 Å². The third-order valence-corrected chi connectivity index (χ3v) is 4.21. The zero-order chi connectivity index (χ0) is 13.8. The van der Waals surface area contributed by atoms with E-state index in [4.69, 9.17) is 5.11 Å². The number of unbranched alkanes of at least 4 members (excludes halogenated alkanes) is 1. The topological polar surface area (TPSA) is 74.6 Å². The Morgan fingerprint density at radius 3 is 2.67 bits per heavy atom. The lowest BCUT2D eigenvalue weighted by atomic mass is 9.88. The molecule has 0 amide bonds. The van der Waals surface area contributed by atoms with Gasteiger partial charge in [0.1, 0.15) is 0 Å². The van der Waals surface area contributed by atoms with Crippen molar-refractivity contribution in [3.8, 4) is 0 Å². The molecule has 0 aromatic rings. The minimum atomic E-state index is -0.771. The molecule has 1 aliphatic rings. The van der Waals surface area contributed by atoms with Crippen molar-refractivity contribution in [2.24, 2.45) is 5.41 Å². The van der Waals surface area contributed by atoms with Gasteiger partial charge in [-0.1, -0.05) is 6.42 Å². The highest BCUT2D eigenvalue weighted by molar-refractivity contribution is 8.04. The Bertz CT molecular complexity index is 360. The van der Waals surface area contributed by atoms with Crippen molar-refractivity contribution in [1.82, 2.24) is 0 Å². The molecule has 1 aliphatic carbocycles. The summed E-state index contributed by atoms with van der Waals surface area (Å²) in [6.45, 7) is 3.45. The van der Waals surface area contributed by atoms with Gasteiger partial charge in [0.2, 0.25) is 0 Å². The number of rotatable bonds is 7. The average Bonchev–Trinajstić information content (AvgIpc) is 2.56. The number of aliphatic hydroxyl groups is 1. The monoisotopic (exact) mass is 272 g/mol. The summed E-state index contributed by atoms with van der Waals surface area (Å²) >= 11 is 1.46. The van der Waals surface area contributed by atoms with Crippen LogP contribution in [-0.2, 0) is 9.59 Å². The van der Waals surface area contributed by atoms with Crippen LogP contribution < -0.4 is 0 Å². The first-order valence-corrected chi connectivity index (χ1v) is 7.11. The van der Waals surface area contributed by atoms with Crippen LogP contribution in [0, 0.1) is 5.41 Å². The molecule has 18 heavy (non-hydrogen) atoms. The predicted octanol–water partition coefficient (Wildman–Crippen LogP) is 2.22. The van der Waals surface area contributed by atoms with E-state index in [9.17, 15) is 14.7 Å².